The van der Waals surface area contributed by atoms with Gasteiger partial charge in [0.05, 0.1) is 5.02 Å². The van der Waals surface area contributed by atoms with Gasteiger partial charge in [0.2, 0.25) is 0 Å². The van der Waals surface area contributed by atoms with Crippen molar-refractivity contribution in [2.75, 3.05) is 6.54 Å². The molecule has 1 aromatic heterocycles. The molecule has 1 N–H and O–H groups in total. The minimum absolute atomic E-state index is 0.225. The van der Waals surface area contributed by atoms with E-state index in [0.29, 0.717) is 47.4 Å². The average molecular weight is 511 g/mol. The molecule has 190 valence electrons. The third-order valence-electron chi connectivity index (χ3n) is 6.98. The Kier molecular flexibility index (Phi) is 7.99. The van der Waals surface area contributed by atoms with Gasteiger partial charge in [-0.15, -0.1) is 0 Å². The van der Waals surface area contributed by atoms with E-state index < -0.39 is 23.6 Å². The fourth-order valence-corrected chi connectivity index (χ4v) is 4.93. The highest BCUT2D eigenvalue weighted by atomic mass is 35.5. The maximum Gasteiger partial charge on any atom is 0.340 e. The summed E-state index contributed by atoms with van der Waals surface area (Å²) in [6.45, 7) is 3.94. The van der Waals surface area contributed by atoms with Gasteiger partial charge in [0, 0.05) is 36.0 Å². The predicted octanol–water partition coefficient (Wildman–Crippen LogP) is 3.79. The number of carboxylic acids is 1. The van der Waals surface area contributed by atoms with E-state index in [0.717, 1.165) is 24.0 Å². The van der Waals surface area contributed by atoms with Gasteiger partial charge in [-0.1, -0.05) is 41.9 Å². The van der Waals surface area contributed by atoms with Gasteiger partial charge in [-0.25, -0.2) is 4.79 Å². The van der Waals surface area contributed by atoms with Crippen LogP contribution >= 0.6 is 11.6 Å². The molecule has 0 bridgehead atoms. The van der Waals surface area contributed by atoms with Crippen molar-refractivity contribution in [2.24, 2.45) is 11.8 Å². The molecule has 1 heterocycles. The lowest BCUT2D eigenvalue weighted by Gasteiger charge is -2.29. The number of amides is 1. The monoisotopic (exact) mass is 510 g/mol. The van der Waals surface area contributed by atoms with Gasteiger partial charge >= 0.3 is 5.63 Å². The van der Waals surface area contributed by atoms with Gasteiger partial charge in [0.15, 0.2) is 6.10 Å². The van der Waals surface area contributed by atoms with Crippen LogP contribution in [0.15, 0.2) is 51.7 Å². The van der Waals surface area contributed by atoms with Gasteiger partial charge < -0.3 is 24.4 Å². The van der Waals surface area contributed by atoms with Crippen LogP contribution in [0.2, 0.25) is 5.02 Å². The maximum absolute atomic E-state index is 12.7. The molecule has 36 heavy (non-hydrogen) atoms. The SMILES string of the molecule is Cc1c(Cc2ccccc2)c(=O)oc2cc(O[C@H](C)C(=O)NCC3CCC(C(=O)[O-])CC3)c(Cl)cc12. The average Bonchev–Trinajstić information content (AvgIpc) is 2.87. The van der Waals surface area contributed by atoms with Crippen LogP contribution in [-0.4, -0.2) is 24.5 Å². The number of halogens is 1. The van der Waals surface area contributed by atoms with Crippen LogP contribution in [0.25, 0.3) is 11.0 Å². The van der Waals surface area contributed by atoms with Gasteiger partial charge in [-0.2, -0.15) is 0 Å². The minimum atomic E-state index is -0.995. The third kappa shape index (κ3) is 5.90. The van der Waals surface area contributed by atoms with Crippen molar-refractivity contribution in [1.82, 2.24) is 5.32 Å². The molecular formula is C28H29ClNO6-. The van der Waals surface area contributed by atoms with Crippen molar-refractivity contribution in [3.05, 3.63) is 74.6 Å². The molecule has 1 saturated carbocycles. The number of benzene rings is 2. The number of nitrogens with one attached hydrogen (secondary N) is 1. The Hall–Kier alpha value is -3.32. The molecule has 2 aromatic carbocycles. The molecule has 0 unspecified atom stereocenters. The molecule has 0 aliphatic heterocycles. The second-order valence-corrected chi connectivity index (χ2v) is 9.88. The summed E-state index contributed by atoms with van der Waals surface area (Å²) >= 11 is 6.48. The van der Waals surface area contributed by atoms with E-state index in [1.165, 1.54) is 0 Å². The molecule has 0 saturated heterocycles. The molecular weight excluding hydrogens is 482 g/mol. The second kappa shape index (κ2) is 11.2. The standard InChI is InChI=1S/C28H30ClNO6/c1-16-21-13-23(29)25(14-24(21)36-28(34)22(16)12-18-6-4-3-5-7-18)35-17(2)26(31)30-15-19-8-10-20(11-9-19)27(32)33/h3-7,13-14,17,19-20H,8-12,15H2,1-2H3,(H,30,31)(H,32,33)/p-1/t17-,19?,20?/m1/s1. The number of aryl methyl sites for hydroxylation is 1. The summed E-state index contributed by atoms with van der Waals surface area (Å²) in [5.41, 5.74) is 2.28. The van der Waals surface area contributed by atoms with Gasteiger partial charge in [-0.05, 0) is 68.6 Å². The van der Waals surface area contributed by atoms with Crippen LogP contribution in [0.5, 0.6) is 5.75 Å². The summed E-state index contributed by atoms with van der Waals surface area (Å²) in [4.78, 5) is 36.3. The lowest BCUT2D eigenvalue weighted by molar-refractivity contribution is -0.312. The number of carbonyl (C=O) groups is 2. The Bertz CT molecular complexity index is 1310. The Morgan fingerprint density at radius 3 is 2.53 bits per heavy atom. The highest BCUT2D eigenvalue weighted by molar-refractivity contribution is 6.32. The highest BCUT2D eigenvalue weighted by Gasteiger charge is 2.24. The Balaban J connectivity index is 1.43. The van der Waals surface area contributed by atoms with Gasteiger partial charge in [0.1, 0.15) is 11.3 Å². The number of hydrogen-bond acceptors (Lipinski definition) is 6. The van der Waals surface area contributed by atoms with Crippen molar-refractivity contribution >= 4 is 34.4 Å². The van der Waals surface area contributed by atoms with E-state index in [1.807, 2.05) is 37.3 Å². The molecule has 8 heteroatoms. The summed E-state index contributed by atoms with van der Waals surface area (Å²) < 4.78 is 11.4. The molecule has 7 nitrogen and oxygen atoms in total. The lowest BCUT2D eigenvalue weighted by atomic mass is 9.82. The number of rotatable bonds is 8. The lowest BCUT2D eigenvalue weighted by Crippen LogP contribution is -2.40. The van der Waals surface area contributed by atoms with E-state index in [1.54, 1.807) is 19.1 Å². The van der Waals surface area contributed by atoms with Crippen molar-refractivity contribution in [3.8, 4) is 5.75 Å². The van der Waals surface area contributed by atoms with Crippen LogP contribution < -0.4 is 20.8 Å². The van der Waals surface area contributed by atoms with Gasteiger partial charge in [-0.3, -0.25) is 4.79 Å². The number of ether oxygens (including phenoxy) is 1. The van der Waals surface area contributed by atoms with E-state index >= 15 is 0 Å². The molecule has 4 rings (SSSR count). The summed E-state index contributed by atoms with van der Waals surface area (Å²) in [7, 11) is 0. The van der Waals surface area contributed by atoms with Crippen molar-refractivity contribution in [2.45, 2.75) is 52.1 Å². The minimum Gasteiger partial charge on any atom is -0.550 e. The van der Waals surface area contributed by atoms with E-state index in [-0.39, 0.29) is 17.6 Å². The Morgan fingerprint density at radius 2 is 1.86 bits per heavy atom. The first-order valence-electron chi connectivity index (χ1n) is 12.2. The first kappa shape index (κ1) is 25.8. The van der Waals surface area contributed by atoms with Crippen molar-refractivity contribution in [1.29, 1.82) is 0 Å². The zero-order chi connectivity index (χ0) is 25.8. The first-order valence-corrected chi connectivity index (χ1v) is 12.6. The van der Waals surface area contributed by atoms with Crippen LogP contribution in [0.4, 0.5) is 0 Å². The van der Waals surface area contributed by atoms with Crippen LogP contribution in [0.3, 0.4) is 0 Å². The normalized spacial score (nSPS) is 18.5. The fraction of sp³-hybridized carbons (Fsp3) is 0.393. The van der Waals surface area contributed by atoms with Crippen molar-refractivity contribution < 1.29 is 23.8 Å². The number of aliphatic carboxylic acids is 1. The zero-order valence-electron chi connectivity index (χ0n) is 20.3. The molecule has 1 aliphatic carbocycles. The molecule has 0 radical (unpaired) electrons. The number of fused-ring (bicyclic) bond motifs is 1. The fourth-order valence-electron chi connectivity index (χ4n) is 4.72. The molecule has 0 spiro atoms. The molecule has 3 aromatic rings. The molecule has 1 aliphatic rings. The van der Waals surface area contributed by atoms with E-state index in [2.05, 4.69) is 5.32 Å². The number of carbonyl (C=O) groups excluding carboxylic acids is 2. The summed E-state index contributed by atoms with van der Waals surface area (Å²) in [6, 6.07) is 12.9. The van der Waals surface area contributed by atoms with Crippen LogP contribution in [-0.2, 0) is 16.0 Å². The number of hydrogen-bond donors (Lipinski definition) is 1. The Labute approximate surface area is 214 Å². The summed E-state index contributed by atoms with van der Waals surface area (Å²) in [5.74, 6) is -1.22. The highest BCUT2D eigenvalue weighted by Crippen LogP contribution is 2.33. The largest absolute Gasteiger partial charge is 0.550 e. The van der Waals surface area contributed by atoms with Crippen molar-refractivity contribution in [3.63, 3.8) is 0 Å². The smallest absolute Gasteiger partial charge is 0.340 e. The number of carboxylic acid groups (broad SMARTS) is 1. The van der Waals surface area contributed by atoms with Crippen LogP contribution in [0.1, 0.15) is 49.3 Å². The maximum atomic E-state index is 12.7. The zero-order valence-corrected chi connectivity index (χ0v) is 21.1. The second-order valence-electron chi connectivity index (χ2n) is 9.48. The molecule has 1 amide bonds. The molecule has 1 atom stereocenters. The summed E-state index contributed by atoms with van der Waals surface area (Å²) in [5, 5.41) is 14.9. The topological polar surface area (TPSA) is 109 Å². The van der Waals surface area contributed by atoms with E-state index in [4.69, 9.17) is 20.8 Å². The van der Waals surface area contributed by atoms with Gasteiger partial charge in [0.25, 0.3) is 5.91 Å². The van der Waals surface area contributed by atoms with Crippen LogP contribution in [0, 0.1) is 18.8 Å². The summed E-state index contributed by atoms with van der Waals surface area (Å²) in [6.07, 6.45) is 2.22. The Morgan fingerprint density at radius 1 is 1.17 bits per heavy atom. The first-order chi connectivity index (χ1) is 17.2. The quantitative estimate of drug-likeness (QED) is 0.462. The molecule has 1 fully saturated rings. The predicted molar refractivity (Wildman–Crippen MR) is 135 cm³/mol. The van der Waals surface area contributed by atoms with E-state index in [9.17, 15) is 19.5 Å². The third-order valence-corrected chi connectivity index (χ3v) is 7.28.